The maximum Gasteiger partial charge on any atom is 0.312 e. The van der Waals surface area contributed by atoms with Gasteiger partial charge >= 0.3 is 5.69 Å². The number of hydrogen-bond donors (Lipinski definition) is 1. The van der Waals surface area contributed by atoms with Crippen LogP contribution in [0.1, 0.15) is 5.56 Å². The highest BCUT2D eigenvalue weighted by Gasteiger charge is 2.17. The van der Waals surface area contributed by atoms with Gasteiger partial charge < -0.3 is 10.5 Å². The Bertz CT molecular complexity index is 680. The van der Waals surface area contributed by atoms with Crippen LogP contribution >= 0.6 is 0 Å². The third-order valence-electron chi connectivity index (χ3n) is 2.15. The van der Waals surface area contributed by atoms with E-state index in [1.807, 2.05) is 6.07 Å². The Labute approximate surface area is 107 Å². The van der Waals surface area contributed by atoms with Crippen LogP contribution in [0.15, 0.2) is 30.5 Å². The van der Waals surface area contributed by atoms with E-state index in [2.05, 4.69) is 9.97 Å². The third-order valence-corrected chi connectivity index (χ3v) is 2.15. The molecule has 0 radical (unpaired) electrons. The Hall–Kier alpha value is -3.21. The van der Waals surface area contributed by atoms with Gasteiger partial charge in [-0.15, -0.1) is 0 Å². The zero-order valence-electron chi connectivity index (χ0n) is 9.48. The monoisotopic (exact) mass is 257 g/mol. The molecule has 0 amide bonds. The number of nitro groups is 1. The van der Waals surface area contributed by atoms with Gasteiger partial charge in [-0.05, 0) is 12.1 Å². The molecule has 19 heavy (non-hydrogen) atoms. The first-order valence-corrected chi connectivity index (χ1v) is 5.05. The summed E-state index contributed by atoms with van der Waals surface area (Å²) >= 11 is 0. The van der Waals surface area contributed by atoms with E-state index < -0.39 is 4.92 Å². The van der Waals surface area contributed by atoms with Crippen LogP contribution in [0.4, 0.5) is 11.6 Å². The summed E-state index contributed by atoms with van der Waals surface area (Å²) in [7, 11) is 0. The molecule has 0 spiro atoms. The van der Waals surface area contributed by atoms with Gasteiger partial charge in [0.15, 0.2) is 0 Å². The van der Waals surface area contributed by atoms with Gasteiger partial charge in [0.25, 0.3) is 0 Å². The Kier molecular flexibility index (Phi) is 3.20. The highest BCUT2D eigenvalue weighted by molar-refractivity contribution is 5.52. The van der Waals surface area contributed by atoms with Crippen molar-refractivity contribution < 1.29 is 9.66 Å². The van der Waals surface area contributed by atoms with Crippen molar-refractivity contribution in [3.8, 4) is 17.7 Å². The molecule has 2 aromatic rings. The standard InChI is InChI=1S/C11H7N5O3/c12-6-7-1-2-9(8(5-7)16(17)18)19-10-3-4-14-11(13)15-10/h1-5H,(H2,13,14,15). The summed E-state index contributed by atoms with van der Waals surface area (Å²) in [5.41, 5.74) is 5.22. The van der Waals surface area contributed by atoms with Crippen LogP contribution < -0.4 is 10.5 Å². The third kappa shape index (κ3) is 2.73. The summed E-state index contributed by atoms with van der Waals surface area (Å²) in [6, 6.07) is 7.09. The molecule has 0 bridgehead atoms. The molecule has 0 saturated heterocycles. The fourth-order valence-electron chi connectivity index (χ4n) is 1.34. The number of benzene rings is 1. The second-order valence-electron chi connectivity index (χ2n) is 3.41. The number of nitrogens with two attached hydrogens (primary N) is 1. The molecule has 0 aliphatic heterocycles. The predicted octanol–water partition coefficient (Wildman–Crippen LogP) is 1.63. The molecule has 0 saturated carbocycles. The maximum atomic E-state index is 10.9. The summed E-state index contributed by atoms with van der Waals surface area (Å²) < 4.78 is 5.27. The summed E-state index contributed by atoms with van der Waals surface area (Å²) in [5, 5.41) is 19.6. The lowest BCUT2D eigenvalue weighted by Gasteiger charge is -2.05. The predicted molar refractivity (Wildman–Crippen MR) is 64.3 cm³/mol. The Balaban J connectivity index is 2.40. The van der Waals surface area contributed by atoms with Gasteiger partial charge in [-0.2, -0.15) is 10.2 Å². The van der Waals surface area contributed by atoms with Crippen molar-refractivity contribution >= 4 is 11.6 Å². The van der Waals surface area contributed by atoms with Crippen molar-refractivity contribution in [3.05, 3.63) is 46.1 Å². The summed E-state index contributed by atoms with van der Waals surface area (Å²) in [5.74, 6) is 0.0520. The number of anilines is 1. The minimum Gasteiger partial charge on any atom is -0.432 e. The Morgan fingerprint density at radius 2 is 2.21 bits per heavy atom. The molecule has 1 heterocycles. The van der Waals surface area contributed by atoms with Crippen LogP contribution in [0.5, 0.6) is 11.6 Å². The number of rotatable bonds is 3. The Morgan fingerprint density at radius 3 is 2.84 bits per heavy atom. The number of nitro benzene ring substituents is 1. The minimum absolute atomic E-state index is 0.00574. The molecule has 8 heteroatoms. The van der Waals surface area contributed by atoms with Crippen molar-refractivity contribution in [2.24, 2.45) is 0 Å². The van der Waals surface area contributed by atoms with Gasteiger partial charge in [-0.3, -0.25) is 10.1 Å². The van der Waals surface area contributed by atoms with E-state index in [4.69, 9.17) is 15.7 Å². The van der Waals surface area contributed by atoms with Gasteiger partial charge in [0.1, 0.15) is 0 Å². The van der Waals surface area contributed by atoms with E-state index >= 15 is 0 Å². The quantitative estimate of drug-likeness (QED) is 0.653. The lowest BCUT2D eigenvalue weighted by atomic mass is 10.2. The number of aromatic nitrogens is 2. The minimum atomic E-state index is -0.638. The van der Waals surface area contributed by atoms with E-state index in [0.717, 1.165) is 6.07 Å². The highest BCUT2D eigenvalue weighted by Crippen LogP contribution is 2.31. The van der Waals surface area contributed by atoms with E-state index in [9.17, 15) is 10.1 Å². The number of hydrogen-bond acceptors (Lipinski definition) is 7. The van der Waals surface area contributed by atoms with Gasteiger partial charge in [-0.1, -0.05) is 0 Å². The lowest BCUT2D eigenvalue weighted by Crippen LogP contribution is -1.98. The zero-order valence-corrected chi connectivity index (χ0v) is 9.48. The van der Waals surface area contributed by atoms with Gasteiger partial charge in [-0.25, -0.2) is 4.98 Å². The first kappa shape index (κ1) is 12.3. The van der Waals surface area contributed by atoms with Crippen LogP contribution in [0.3, 0.4) is 0 Å². The molecule has 0 aliphatic rings. The normalized spacial score (nSPS) is 9.63. The summed E-state index contributed by atoms with van der Waals surface area (Å²) in [4.78, 5) is 17.7. The molecular weight excluding hydrogens is 250 g/mol. The fraction of sp³-hybridized carbons (Fsp3) is 0. The van der Waals surface area contributed by atoms with Crippen LogP contribution in [-0.4, -0.2) is 14.9 Å². The van der Waals surface area contributed by atoms with E-state index in [1.165, 1.54) is 24.4 Å². The van der Waals surface area contributed by atoms with Crippen molar-refractivity contribution in [2.45, 2.75) is 0 Å². The average molecular weight is 257 g/mol. The molecule has 0 atom stereocenters. The van der Waals surface area contributed by atoms with Crippen molar-refractivity contribution in [1.82, 2.24) is 9.97 Å². The van der Waals surface area contributed by atoms with Crippen LogP contribution in [0.2, 0.25) is 0 Å². The maximum absolute atomic E-state index is 10.9. The molecule has 1 aromatic carbocycles. The van der Waals surface area contributed by atoms with Crippen LogP contribution in [0.25, 0.3) is 0 Å². The molecule has 2 N–H and O–H groups in total. The van der Waals surface area contributed by atoms with Crippen molar-refractivity contribution in [3.63, 3.8) is 0 Å². The molecule has 0 unspecified atom stereocenters. The summed E-state index contributed by atoms with van der Waals surface area (Å²) in [6.07, 6.45) is 1.37. The van der Waals surface area contributed by atoms with E-state index in [-0.39, 0.29) is 28.8 Å². The van der Waals surface area contributed by atoms with E-state index in [1.54, 1.807) is 0 Å². The highest BCUT2D eigenvalue weighted by atomic mass is 16.6. The first-order valence-electron chi connectivity index (χ1n) is 5.05. The molecule has 0 aliphatic carbocycles. The second-order valence-corrected chi connectivity index (χ2v) is 3.41. The largest absolute Gasteiger partial charge is 0.432 e. The van der Waals surface area contributed by atoms with E-state index in [0.29, 0.717) is 0 Å². The average Bonchev–Trinajstić information content (AvgIpc) is 2.39. The number of nitrogen functional groups attached to an aromatic ring is 1. The first-order chi connectivity index (χ1) is 9.10. The molecular formula is C11H7N5O3. The second kappa shape index (κ2) is 4.97. The number of nitrogens with zero attached hydrogens (tertiary/aromatic N) is 4. The SMILES string of the molecule is N#Cc1ccc(Oc2ccnc(N)n2)c([N+](=O)[O-])c1. The molecule has 2 rings (SSSR count). The van der Waals surface area contributed by atoms with Crippen molar-refractivity contribution in [2.75, 3.05) is 5.73 Å². The molecule has 1 aromatic heterocycles. The molecule has 0 fully saturated rings. The summed E-state index contributed by atoms with van der Waals surface area (Å²) in [6.45, 7) is 0. The van der Waals surface area contributed by atoms with Gasteiger partial charge in [0, 0.05) is 18.3 Å². The smallest absolute Gasteiger partial charge is 0.312 e. The van der Waals surface area contributed by atoms with Gasteiger partial charge in [0.05, 0.1) is 16.6 Å². The Morgan fingerprint density at radius 1 is 1.42 bits per heavy atom. The molecule has 8 nitrogen and oxygen atoms in total. The topological polar surface area (TPSA) is 128 Å². The van der Waals surface area contributed by atoms with Crippen LogP contribution in [0, 0.1) is 21.4 Å². The van der Waals surface area contributed by atoms with Gasteiger partial charge in [0.2, 0.25) is 17.6 Å². The fourth-order valence-corrected chi connectivity index (χ4v) is 1.34. The molecule has 94 valence electrons. The lowest BCUT2D eigenvalue weighted by molar-refractivity contribution is -0.385. The number of ether oxygens (including phenoxy) is 1. The zero-order chi connectivity index (χ0) is 13.8. The van der Waals surface area contributed by atoms with Crippen LogP contribution in [-0.2, 0) is 0 Å². The van der Waals surface area contributed by atoms with Crippen molar-refractivity contribution in [1.29, 1.82) is 5.26 Å². The number of nitriles is 1.